The normalized spacial score (nSPS) is 12.7. The highest BCUT2D eigenvalue weighted by Gasteiger charge is 2.19. The highest BCUT2D eigenvalue weighted by molar-refractivity contribution is 5.71. The molecule has 0 bridgehead atoms. The second kappa shape index (κ2) is 60.1. The summed E-state index contributed by atoms with van der Waals surface area (Å²) in [6.45, 7) is 6.41. The number of ether oxygens (including phenoxy) is 3. The number of unbranched alkanes of at least 4 members (excludes halogenated alkanes) is 30. The van der Waals surface area contributed by atoms with Gasteiger partial charge in [-0.25, -0.2) is 0 Å². The van der Waals surface area contributed by atoms with Gasteiger partial charge in [-0.3, -0.25) is 14.4 Å². The maximum absolute atomic E-state index is 12.8. The Morgan fingerprint density at radius 1 is 0.292 bits per heavy atom. The van der Waals surface area contributed by atoms with Crippen LogP contribution < -0.4 is 0 Å². The van der Waals surface area contributed by atoms with Crippen LogP contribution in [-0.4, -0.2) is 37.2 Å². The van der Waals surface area contributed by atoms with Crippen molar-refractivity contribution in [3.8, 4) is 0 Å². The quantitative estimate of drug-likeness (QED) is 0.0261. The van der Waals surface area contributed by atoms with Crippen molar-refractivity contribution >= 4 is 17.9 Å². The summed E-state index contributed by atoms with van der Waals surface area (Å²) < 4.78 is 16.8. The van der Waals surface area contributed by atoms with Gasteiger partial charge < -0.3 is 14.2 Å². The van der Waals surface area contributed by atoms with Gasteiger partial charge in [-0.05, 0) is 89.9 Å². The zero-order valence-corrected chi connectivity index (χ0v) is 47.4. The third-order valence-corrected chi connectivity index (χ3v) is 13.1. The van der Waals surface area contributed by atoms with Gasteiger partial charge in [0.25, 0.3) is 0 Å². The molecule has 6 nitrogen and oxygen atoms in total. The molecule has 0 N–H and O–H groups in total. The lowest BCUT2D eigenvalue weighted by atomic mass is 10.0. The molecule has 1 atom stereocenters. The van der Waals surface area contributed by atoms with E-state index in [9.17, 15) is 14.4 Å². The van der Waals surface area contributed by atoms with E-state index in [1.807, 2.05) is 0 Å². The molecule has 0 radical (unpaired) electrons. The number of rotatable bonds is 55. The van der Waals surface area contributed by atoms with Gasteiger partial charge in [0, 0.05) is 19.3 Å². The Balaban J connectivity index is 4.16. The summed E-state index contributed by atoms with van der Waals surface area (Å²) in [7, 11) is 0. The Morgan fingerprint density at radius 2 is 0.542 bits per heavy atom. The lowest BCUT2D eigenvalue weighted by Crippen LogP contribution is -2.30. The van der Waals surface area contributed by atoms with Crippen molar-refractivity contribution in [3.63, 3.8) is 0 Å². The minimum Gasteiger partial charge on any atom is -0.462 e. The fourth-order valence-electron chi connectivity index (χ4n) is 8.63. The predicted octanol–water partition coefficient (Wildman–Crippen LogP) is 20.7. The molecule has 0 rings (SSSR count). The fourth-order valence-corrected chi connectivity index (χ4v) is 8.63. The zero-order valence-electron chi connectivity index (χ0n) is 47.4. The standard InChI is InChI=1S/C66H114O6/c1-4-7-10-13-16-19-22-24-26-27-28-29-30-31-32-33-34-35-36-37-38-39-41-42-44-47-50-53-56-59-65(68)71-62-63(61-70-64(67)58-55-52-49-46-21-18-15-12-9-6-3)72-66(69)60-57-54-51-48-45-43-40-25-23-20-17-14-11-8-5-2/h7-8,10-11,16-17,19-20,24-26,28-29,40,63H,4-6,9,12-15,18,21-23,27,30-39,41-62H2,1-3H3/b10-7-,11-8-,19-16-,20-17-,26-24-,29-28-,40-25-. The monoisotopic (exact) mass is 1000 g/mol. The maximum Gasteiger partial charge on any atom is 0.306 e. The minimum atomic E-state index is -0.782. The molecule has 1 unspecified atom stereocenters. The molecule has 72 heavy (non-hydrogen) atoms. The van der Waals surface area contributed by atoms with Crippen molar-refractivity contribution in [3.05, 3.63) is 85.1 Å². The summed E-state index contributed by atoms with van der Waals surface area (Å²) in [6, 6.07) is 0. The van der Waals surface area contributed by atoms with E-state index in [0.29, 0.717) is 19.3 Å². The lowest BCUT2D eigenvalue weighted by Gasteiger charge is -2.18. The van der Waals surface area contributed by atoms with Crippen LogP contribution in [0.1, 0.15) is 297 Å². The van der Waals surface area contributed by atoms with E-state index in [2.05, 4.69) is 106 Å². The molecule has 0 aromatic rings. The second-order valence-electron chi connectivity index (χ2n) is 20.2. The number of hydrogen-bond acceptors (Lipinski definition) is 6. The lowest BCUT2D eigenvalue weighted by molar-refractivity contribution is -0.167. The molecule has 0 amide bonds. The van der Waals surface area contributed by atoms with Crippen LogP contribution in [-0.2, 0) is 28.6 Å². The topological polar surface area (TPSA) is 78.9 Å². The summed E-state index contributed by atoms with van der Waals surface area (Å²) in [5.74, 6) is -0.889. The van der Waals surface area contributed by atoms with Crippen molar-refractivity contribution in [2.45, 2.75) is 303 Å². The first-order chi connectivity index (χ1) is 35.5. The largest absolute Gasteiger partial charge is 0.462 e. The molecule has 0 aromatic heterocycles. The van der Waals surface area contributed by atoms with E-state index < -0.39 is 6.10 Å². The van der Waals surface area contributed by atoms with E-state index >= 15 is 0 Å². The Kier molecular flexibility index (Phi) is 57.3. The molecule has 0 aliphatic rings. The molecule has 0 aromatic carbocycles. The average molecular weight is 1000 g/mol. The zero-order chi connectivity index (χ0) is 52.2. The van der Waals surface area contributed by atoms with Crippen LogP contribution in [0.15, 0.2) is 85.1 Å². The summed E-state index contributed by atoms with van der Waals surface area (Å²) in [5.41, 5.74) is 0. The molecule has 0 aliphatic heterocycles. The van der Waals surface area contributed by atoms with E-state index in [1.54, 1.807) is 0 Å². The van der Waals surface area contributed by atoms with E-state index in [-0.39, 0.29) is 31.1 Å². The molecule has 0 saturated carbocycles. The Hall–Kier alpha value is -3.41. The van der Waals surface area contributed by atoms with Crippen LogP contribution in [0.25, 0.3) is 0 Å². The molecular formula is C66H114O6. The predicted molar refractivity (Wildman–Crippen MR) is 311 cm³/mol. The highest BCUT2D eigenvalue weighted by atomic mass is 16.6. The number of allylic oxidation sites excluding steroid dienone is 14. The number of carbonyl (C=O) groups excluding carboxylic acids is 3. The molecule has 0 spiro atoms. The molecule has 0 saturated heterocycles. The Morgan fingerprint density at radius 3 is 0.847 bits per heavy atom. The first kappa shape index (κ1) is 68.6. The van der Waals surface area contributed by atoms with Crippen molar-refractivity contribution in [2.75, 3.05) is 13.2 Å². The van der Waals surface area contributed by atoms with Crippen LogP contribution in [0.2, 0.25) is 0 Å². The molecule has 6 heteroatoms. The van der Waals surface area contributed by atoms with Crippen LogP contribution in [0.4, 0.5) is 0 Å². The van der Waals surface area contributed by atoms with E-state index in [4.69, 9.17) is 14.2 Å². The minimum absolute atomic E-state index is 0.0799. The number of carbonyl (C=O) groups is 3. The van der Waals surface area contributed by atoms with Gasteiger partial charge in [-0.2, -0.15) is 0 Å². The third kappa shape index (κ3) is 57.5. The fraction of sp³-hybridized carbons (Fsp3) is 0.742. The van der Waals surface area contributed by atoms with Gasteiger partial charge in [0.15, 0.2) is 6.10 Å². The van der Waals surface area contributed by atoms with Crippen molar-refractivity contribution in [1.29, 1.82) is 0 Å². The Labute approximate surface area is 445 Å². The third-order valence-electron chi connectivity index (χ3n) is 13.1. The first-order valence-corrected chi connectivity index (χ1v) is 30.6. The van der Waals surface area contributed by atoms with Crippen molar-refractivity contribution < 1.29 is 28.6 Å². The van der Waals surface area contributed by atoms with E-state index in [1.165, 1.54) is 135 Å². The average Bonchev–Trinajstić information content (AvgIpc) is 3.38. The van der Waals surface area contributed by atoms with E-state index in [0.717, 1.165) is 122 Å². The molecule has 0 fully saturated rings. The summed E-state index contributed by atoms with van der Waals surface area (Å²) >= 11 is 0. The summed E-state index contributed by atoms with van der Waals surface area (Å²) in [4.78, 5) is 38.1. The smallest absolute Gasteiger partial charge is 0.306 e. The van der Waals surface area contributed by atoms with Gasteiger partial charge in [0.05, 0.1) is 0 Å². The number of hydrogen-bond donors (Lipinski definition) is 0. The van der Waals surface area contributed by atoms with Crippen LogP contribution in [0.5, 0.6) is 0 Å². The van der Waals surface area contributed by atoms with Gasteiger partial charge in [0.1, 0.15) is 13.2 Å². The van der Waals surface area contributed by atoms with Crippen molar-refractivity contribution in [1.82, 2.24) is 0 Å². The van der Waals surface area contributed by atoms with Crippen LogP contribution in [0, 0.1) is 0 Å². The maximum atomic E-state index is 12.8. The van der Waals surface area contributed by atoms with Gasteiger partial charge >= 0.3 is 17.9 Å². The Bertz CT molecular complexity index is 1380. The van der Waals surface area contributed by atoms with Gasteiger partial charge in [-0.15, -0.1) is 0 Å². The van der Waals surface area contributed by atoms with Crippen LogP contribution in [0.3, 0.4) is 0 Å². The first-order valence-electron chi connectivity index (χ1n) is 30.6. The molecular weight excluding hydrogens is 889 g/mol. The highest BCUT2D eigenvalue weighted by Crippen LogP contribution is 2.16. The summed E-state index contributed by atoms with van der Waals surface area (Å²) in [5, 5.41) is 0. The SMILES string of the molecule is CC/C=C\C/C=C\C/C=C\C/C=C\CCCCCCCCCCCCCCCCCCC(=O)OCC(COC(=O)CCCCCCCCCCCC)OC(=O)CCCCCCC/C=C\C/C=C\C/C=C\CC. The number of esters is 3. The molecule has 0 heterocycles. The van der Waals surface area contributed by atoms with Gasteiger partial charge in [-0.1, -0.05) is 273 Å². The summed E-state index contributed by atoms with van der Waals surface area (Å²) in [6.07, 6.45) is 78.9. The van der Waals surface area contributed by atoms with Crippen LogP contribution >= 0.6 is 0 Å². The molecule has 414 valence electrons. The van der Waals surface area contributed by atoms with Gasteiger partial charge in [0.2, 0.25) is 0 Å². The van der Waals surface area contributed by atoms with Crippen molar-refractivity contribution in [2.24, 2.45) is 0 Å². The second-order valence-corrected chi connectivity index (χ2v) is 20.2. The molecule has 0 aliphatic carbocycles.